The number of carbonyl (C=O) groups excluding carboxylic acids is 2. The molecule has 2 fully saturated rings. The molecule has 1 N–H and O–H groups in total. The monoisotopic (exact) mass is 395 g/mol. The van der Waals surface area contributed by atoms with Crippen LogP contribution in [0.15, 0.2) is 29.2 Å². The topological polar surface area (TPSA) is 96.0 Å². The first-order valence-electron chi connectivity index (χ1n) is 9.13. The first kappa shape index (κ1) is 19.8. The van der Waals surface area contributed by atoms with Crippen LogP contribution in [0.3, 0.4) is 0 Å². The van der Waals surface area contributed by atoms with Gasteiger partial charge in [-0.05, 0) is 31.0 Å². The summed E-state index contributed by atoms with van der Waals surface area (Å²) in [6, 6.07) is 6.05. The minimum Gasteiger partial charge on any atom is -0.377 e. The van der Waals surface area contributed by atoms with Crippen molar-refractivity contribution in [2.75, 3.05) is 39.3 Å². The number of nitrogens with one attached hydrogen (secondary N) is 1. The van der Waals surface area contributed by atoms with Crippen molar-refractivity contribution in [1.29, 1.82) is 0 Å². The van der Waals surface area contributed by atoms with E-state index in [1.807, 2.05) is 0 Å². The molecule has 0 saturated carbocycles. The van der Waals surface area contributed by atoms with E-state index in [1.54, 1.807) is 21.9 Å². The number of benzene rings is 1. The highest BCUT2D eigenvalue weighted by Gasteiger charge is 2.25. The van der Waals surface area contributed by atoms with E-state index in [0.29, 0.717) is 38.3 Å². The Morgan fingerprint density at radius 1 is 1.19 bits per heavy atom. The molecule has 3 rings (SSSR count). The largest absolute Gasteiger partial charge is 0.377 e. The SMILES string of the molecule is CC(=O)N1CCN(C(=O)c2cccc(S(=O)(=O)NCC3CCCO3)c2)CC1. The Kier molecular flexibility index (Phi) is 6.13. The molecule has 27 heavy (non-hydrogen) atoms. The third kappa shape index (κ3) is 4.85. The molecular weight excluding hydrogens is 370 g/mol. The van der Waals surface area contributed by atoms with Gasteiger partial charge in [-0.15, -0.1) is 0 Å². The Morgan fingerprint density at radius 2 is 1.89 bits per heavy atom. The number of sulfonamides is 1. The van der Waals surface area contributed by atoms with Crippen molar-refractivity contribution in [2.45, 2.75) is 30.8 Å². The van der Waals surface area contributed by atoms with Crippen molar-refractivity contribution in [3.8, 4) is 0 Å². The maximum atomic E-state index is 12.7. The predicted octanol–water partition coefficient (Wildman–Crippen LogP) is 0.448. The summed E-state index contributed by atoms with van der Waals surface area (Å²) in [4.78, 5) is 27.5. The highest BCUT2D eigenvalue weighted by Crippen LogP contribution is 2.16. The van der Waals surface area contributed by atoms with Crippen LogP contribution in [0.2, 0.25) is 0 Å². The Labute approximate surface area is 159 Å². The van der Waals surface area contributed by atoms with Crippen molar-refractivity contribution in [2.24, 2.45) is 0 Å². The predicted molar refractivity (Wildman–Crippen MR) is 98.8 cm³/mol. The van der Waals surface area contributed by atoms with E-state index in [2.05, 4.69) is 4.72 Å². The van der Waals surface area contributed by atoms with E-state index in [0.717, 1.165) is 12.8 Å². The maximum absolute atomic E-state index is 12.7. The molecule has 2 aliphatic heterocycles. The molecule has 1 unspecified atom stereocenters. The van der Waals surface area contributed by atoms with Crippen molar-refractivity contribution < 1.29 is 22.7 Å². The van der Waals surface area contributed by atoms with Crippen molar-refractivity contribution in [3.05, 3.63) is 29.8 Å². The quantitative estimate of drug-likeness (QED) is 0.781. The highest BCUT2D eigenvalue weighted by molar-refractivity contribution is 7.89. The standard InChI is InChI=1S/C18H25N3O5S/c1-14(22)20-7-9-21(10-8-20)18(23)15-4-2-6-17(12-15)27(24,25)19-13-16-5-3-11-26-16/h2,4,6,12,16,19H,3,5,7-11,13H2,1H3. The summed E-state index contributed by atoms with van der Waals surface area (Å²) in [5, 5.41) is 0. The molecule has 0 aliphatic carbocycles. The summed E-state index contributed by atoms with van der Waals surface area (Å²) in [6.45, 7) is 4.25. The summed E-state index contributed by atoms with van der Waals surface area (Å²) >= 11 is 0. The van der Waals surface area contributed by atoms with E-state index in [9.17, 15) is 18.0 Å². The van der Waals surface area contributed by atoms with Gasteiger partial charge in [-0.3, -0.25) is 9.59 Å². The normalized spacial score (nSPS) is 20.7. The summed E-state index contributed by atoms with van der Waals surface area (Å²) in [5.41, 5.74) is 0.325. The summed E-state index contributed by atoms with van der Waals surface area (Å²) < 4.78 is 33.0. The van der Waals surface area contributed by atoms with E-state index >= 15 is 0 Å². The number of rotatable bonds is 5. The zero-order chi connectivity index (χ0) is 19.4. The summed E-state index contributed by atoms with van der Waals surface area (Å²) in [7, 11) is -3.71. The lowest BCUT2D eigenvalue weighted by molar-refractivity contribution is -0.130. The van der Waals surface area contributed by atoms with Crippen LogP contribution in [0.25, 0.3) is 0 Å². The number of hydrogen-bond acceptors (Lipinski definition) is 5. The smallest absolute Gasteiger partial charge is 0.254 e. The Balaban J connectivity index is 1.65. The third-order valence-corrected chi connectivity index (χ3v) is 6.35. The van der Waals surface area contributed by atoms with Crippen LogP contribution in [0.5, 0.6) is 0 Å². The van der Waals surface area contributed by atoms with Gasteiger partial charge in [0.1, 0.15) is 0 Å². The number of ether oxygens (including phenoxy) is 1. The van der Waals surface area contributed by atoms with Crippen molar-refractivity contribution in [3.63, 3.8) is 0 Å². The second-order valence-electron chi connectivity index (χ2n) is 6.81. The van der Waals surface area contributed by atoms with Gasteiger partial charge in [0.25, 0.3) is 5.91 Å². The van der Waals surface area contributed by atoms with Crippen LogP contribution in [0.1, 0.15) is 30.1 Å². The molecule has 8 nitrogen and oxygen atoms in total. The number of amides is 2. The minimum absolute atomic E-state index is 0.00694. The van der Waals surface area contributed by atoms with Crippen LogP contribution in [0, 0.1) is 0 Å². The van der Waals surface area contributed by atoms with Crippen molar-refractivity contribution in [1.82, 2.24) is 14.5 Å². The van der Waals surface area contributed by atoms with E-state index in [1.165, 1.54) is 19.1 Å². The second-order valence-corrected chi connectivity index (χ2v) is 8.58. The lowest BCUT2D eigenvalue weighted by Crippen LogP contribution is -2.50. The molecule has 1 aromatic carbocycles. The molecule has 0 aromatic heterocycles. The second kappa shape index (κ2) is 8.37. The van der Waals surface area contributed by atoms with Gasteiger partial charge in [-0.1, -0.05) is 6.07 Å². The van der Waals surface area contributed by atoms with Crippen LogP contribution in [-0.2, 0) is 19.6 Å². The molecule has 9 heteroatoms. The molecule has 2 saturated heterocycles. The zero-order valence-corrected chi connectivity index (χ0v) is 16.2. The molecule has 0 radical (unpaired) electrons. The molecule has 2 amide bonds. The molecule has 1 aromatic rings. The molecule has 0 spiro atoms. The fourth-order valence-electron chi connectivity index (χ4n) is 3.29. The van der Waals surface area contributed by atoms with Gasteiger partial charge in [0.15, 0.2) is 0 Å². The number of piperazine rings is 1. The van der Waals surface area contributed by atoms with Gasteiger partial charge in [0.2, 0.25) is 15.9 Å². The highest BCUT2D eigenvalue weighted by atomic mass is 32.2. The van der Waals surface area contributed by atoms with Gasteiger partial charge < -0.3 is 14.5 Å². The lowest BCUT2D eigenvalue weighted by Gasteiger charge is -2.34. The average molecular weight is 395 g/mol. The fourth-order valence-corrected chi connectivity index (χ4v) is 4.41. The lowest BCUT2D eigenvalue weighted by atomic mass is 10.2. The zero-order valence-electron chi connectivity index (χ0n) is 15.4. The Morgan fingerprint density at radius 3 is 2.52 bits per heavy atom. The minimum atomic E-state index is -3.71. The van der Waals surface area contributed by atoms with Gasteiger partial charge in [-0.25, -0.2) is 13.1 Å². The number of hydrogen-bond donors (Lipinski definition) is 1. The van der Waals surface area contributed by atoms with Crippen LogP contribution >= 0.6 is 0 Å². The third-order valence-electron chi connectivity index (χ3n) is 4.93. The van der Waals surface area contributed by atoms with Gasteiger partial charge in [-0.2, -0.15) is 0 Å². The Hall–Kier alpha value is -1.97. The van der Waals surface area contributed by atoms with Gasteiger partial charge >= 0.3 is 0 Å². The van der Waals surface area contributed by atoms with Crippen LogP contribution in [-0.4, -0.2) is 75.5 Å². The van der Waals surface area contributed by atoms with E-state index in [-0.39, 0.29) is 29.4 Å². The molecule has 1 atom stereocenters. The van der Waals surface area contributed by atoms with E-state index < -0.39 is 10.0 Å². The first-order chi connectivity index (χ1) is 12.9. The number of nitrogens with zero attached hydrogens (tertiary/aromatic N) is 2. The van der Waals surface area contributed by atoms with Crippen LogP contribution in [0.4, 0.5) is 0 Å². The molecular formula is C18H25N3O5S. The summed E-state index contributed by atoms with van der Waals surface area (Å²) in [5.74, 6) is -0.234. The van der Waals surface area contributed by atoms with E-state index in [4.69, 9.17) is 4.74 Å². The van der Waals surface area contributed by atoms with Gasteiger partial charge in [0.05, 0.1) is 11.0 Å². The fraction of sp³-hybridized carbons (Fsp3) is 0.556. The summed E-state index contributed by atoms with van der Waals surface area (Å²) in [6.07, 6.45) is 1.68. The first-order valence-corrected chi connectivity index (χ1v) is 10.6. The molecule has 2 aliphatic rings. The maximum Gasteiger partial charge on any atom is 0.254 e. The molecule has 2 heterocycles. The molecule has 148 valence electrons. The average Bonchev–Trinajstić information content (AvgIpc) is 3.20. The van der Waals surface area contributed by atoms with Crippen molar-refractivity contribution >= 4 is 21.8 Å². The number of carbonyl (C=O) groups is 2. The van der Waals surface area contributed by atoms with Gasteiger partial charge in [0, 0.05) is 51.8 Å². The Bertz CT molecular complexity index is 797. The molecule has 0 bridgehead atoms. The van der Waals surface area contributed by atoms with Crippen LogP contribution < -0.4 is 4.72 Å².